The Bertz CT molecular complexity index is 673. The molecule has 1 N–H and O–H groups in total. The SMILES string of the molecule is COc1cccc([C@@]2(O)CCCCC2CN(C)Cc2ccccc2)c1. The van der Waals surface area contributed by atoms with E-state index in [0.29, 0.717) is 0 Å². The van der Waals surface area contributed by atoms with Crippen molar-refractivity contribution < 1.29 is 9.84 Å². The fourth-order valence-electron chi connectivity index (χ4n) is 4.08. The first-order chi connectivity index (χ1) is 12.1. The first kappa shape index (κ1) is 18.0. The van der Waals surface area contributed by atoms with E-state index >= 15 is 0 Å². The van der Waals surface area contributed by atoms with Crippen LogP contribution >= 0.6 is 0 Å². The van der Waals surface area contributed by atoms with Crippen molar-refractivity contribution in [1.29, 1.82) is 0 Å². The van der Waals surface area contributed by atoms with Crippen LogP contribution in [0.3, 0.4) is 0 Å². The number of rotatable bonds is 6. The minimum atomic E-state index is -0.766. The Morgan fingerprint density at radius 3 is 2.68 bits per heavy atom. The number of benzene rings is 2. The van der Waals surface area contributed by atoms with Crippen molar-refractivity contribution in [2.45, 2.75) is 37.8 Å². The quantitative estimate of drug-likeness (QED) is 0.856. The van der Waals surface area contributed by atoms with Gasteiger partial charge in [-0.25, -0.2) is 0 Å². The van der Waals surface area contributed by atoms with E-state index in [4.69, 9.17) is 4.74 Å². The average molecular weight is 339 g/mol. The molecule has 1 fully saturated rings. The van der Waals surface area contributed by atoms with Gasteiger partial charge in [-0.3, -0.25) is 0 Å². The number of ether oxygens (including phenoxy) is 1. The molecule has 0 heterocycles. The fraction of sp³-hybridized carbons (Fsp3) is 0.455. The maximum Gasteiger partial charge on any atom is 0.119 e. The lowest BCUT2D eigenvalue weighted by Crippen LogP contribution is -2.43. The summed E-state index contributed by atoms with van der Waals surface area (Å²) in [6.45, 7) is 1.80. The van der Waals surface area contributed by atoms with Gasteiger partial charge in [0, 0.05) is 19.0 Å². The molecule has 2 atom stereocenters. The number of hydrogen-bond acceptors (Lipinski definition) is 3. The van der Waals surface area contributed by atoms with Gasteiger partial charge in [0.15, 0.2) is 0 Å². The zero-order valence-electron chi connectivity index (χ0n) is 15.3. The lowest BCUT2D eigenvalue weighted by molar-refractivity contribution is -0.0643. The maximum atomic E-state index is 11.6. The number of methoxy groups -OCH3 is 1. The Balaban J connectivity index is 1.75. The summed E-state index contributed by atoms with van der Waals surface area (Å²) >= 11 is 0. The highest BCUT2D eigenvalue weighted by atomic mass is 16.5. The lowest BCUT2D eigenvalue weighted by Gasteiger charge is -2.42. The molecule has 0 saturated heterocycles. The second-order valence-corrected chi connectivity index (χ2v) is 7.28. The summed E-state index contributed by atoms with van der Waals surface area (Å²) in [4.78, 5) is 2.33. The standard InChI is InChI=1S/C22H29NO2/c1-23(16-18-9-4-3-5-10-18)17-20-11-6-7-14-22(20,24)19-12-8-13-21(15-19)25-2/h3-5,8-10,12-13,15,20,24H,6-7,11,14,16-17H2,1-2H3/t20?,22-/m0/s1. The second-order valence-electron chi connectivity index (χ2n) is 7.28. The van der Waals surface area contributed by atoms with Crippen LogP contribution in [0.15, 0.2) is 54.6 Å². The molecule has 0 aromatic heterocycles. The van der Waals surface area contributed by atoms with Crippen molar-refractivity contribution in [2.24, 2.45) is 5.92 Å². The highest BCUT2D eigenvalue weighted by Crippen LogP contribution is 2.42. The van der Waals surface area contributed by atoms with Crippen LogP contribution in [0.4, 0.5) is 0 Å². The smallest absolute Gasteiger partial charge is 0.119 e. The number of nitrogens with zero attached hydrogens (tertiary/aromatic N) is 1. The van der Waals surface area contributed by atoms with Crippen LogP contribution in [0, 0.1) is 5.92 Å². The molecule has 1 aliphatic rings. The van der Waals surface area contributed by atoms with Crippen LogP contribution in [0.2, 0.25) is 0 Å². The van der Waals surface area contributed by atoms with E-state index in [9.17, 15) is 5.11 Å². The van der Waals surface area contributed by atoms with Crippen LogP contribution in [0.1, 0.15) is 36.8 Å². The van der Waals surface area contributed by atoms with Crippen LogP contribution in [-0.2, 0) is 12.1 Å². The summed E-state index contributed by atoms with van der Waals surface area (Å²) in [6.07, 6.45) is 4.15. The summed E-state index contributed by atoms with van der Waals surface area (Å²) in [6, 6.07) is 18.5. The Labute approximate surface area is 151 Å². The van der Waals surface area contributed by atoms with Crippen LogP contribution < -0.4 is 4.74 Å². The highest BCUT2D eigenvalue weighted by molar-refractivity contribution is 5.33. The molecular formula is C22H29NO2. The molecule has 0 bridgehead atoms. The molecule has 1 aliphatic carbocycles. The molecule has 0 aliphatic heterocycles. The van der Waals surface area contributed by atoms with E-state index < -0.39 is 5.60 Å². The van der Waals surface area contributed by atoms with Gasteiger partial charge in [-0.1, -0.05) is 55.3 Å². The minimum absolute atomic E-state index is 0.238. The predicted molar refractivity (Wildman–Crippen MR) is 102 cm³/mol. The first-order valence-electron chi connectivity index (χ1n) is 9.21. The van der Waals surface area contributed by atoms with Crippen molar-refractivity contribution >= 4 is 0 Å². The maximum absolute atomic E-state index is 11.6. The Kier molecular flexibility index (Phi) is 5.77. The molecule has 1 saturated carbocycles. The molecule has 3 nitrogen and oxygen atoms in total. The molecule has 1 unspecified atom stereocenters. The van der Waals surface area contributed by atoms with Crippen LogP contribution in [-0.4, -0.2) is 30.7 Å². The molecule has 3 heteroatoms. The summed E-state index contributed by atoms with van der Waals surface area (Å²) < 4.78 is 5.36. The first-order valence-corrected chi connectivity index (χ1v) is 9.21. The molecule has 0 amide bonds. The van der Waals surface area contributed by atoms with Gasteiger partial charge in [0.05, 0.1) is 12.7 Å². The Hall–Kier alpha value is -1.84. The van der Waals surface area contributed by atoms with Gasteiger partial charge in [-0.2, -0.15) is 0 Å². The van der Waals surface area contributed by atoms with Crippen molar-refractivity contribution in [3.63, 3.8) is 0 Å². The van der Waals surface area contributed by atoms with E-state index in [-0.39, 0.29) is 5.92 Å². The molecule has 3 rings (SSSR count). The van der Waals surface area contributed by atoms with Crippen molar-refractivity contribution in [3.8, 4) is 5.75 Å². The minimum Gasteiger partial charge on any atom is -0.497 e. The summed E-state index contributed by atoms with van der Waals surface area (Å²) in [5.41, 5.74) is 1.54. The van der Waals surface area contributed by atoms with Gasteiger partial charge in [0.1, 0.15) is 5.75 Å². The van der Waals surface area contributed by atoms with Crippen molar-refractivity contribution in [2.75, 3.05) is 20.7 Å². The molecule has 134 valence electrons. The molecular weight excluding hydrogens is 310 g/mol. The Morgan fingerprint density at radius 2 is 1.92 bits per heavy atom. The Morgan fingerprint density at radius 1 is 1.12 bits per heavy atom. The second kappa shape index (κ2) is 8.03. The van der Waals surface area contributed by atoms with E-state index in [1.807, 2.05) is 30.3 Å². The normalized spacial score (nSPS) is 23.6. The van der Waals surface area contributed by atoms with Crippen molar-refractivity contribution in [3.05, 3.63) is 65.7 Å². The topological polar surface area (TPSA) is 32.7 Å². The molecule has 0 radical (unpaired) electrons. The van der Waals surface area contributed by atoms with Gasteiger partial charge < -0.3 is 14.7 Å². The van der Waals surface area contributed by atoms with E-state index in [2.05, 4.69) is 36.2 Å². The summed E-state index contributed by atoms with van der Waals surface area (Å²) in [7, 11) is 3.82. The predicted octanol–water partition coefficient (Wildman–Crippen LogP) is 4.21. The van der Waals surface area contributed by atoms with Gasteiger partial charge in [-0.15, -0.1) is 0 Å². The lowest BCUT2D eigenvalue weighted by atomic mass is 9.71. The monoisotopic (exact) mass is 339 g/mol. The van der Waals surface area contributed by atoms with Crippen molar-refractivity contribution in [1.82, 2.24) is 4.90 Å². The largest absolute Gasteiger partial charge is 0.497 e. The number of aliphatic hydroxyl groups is 1. The molecule has 0 spiro atoms. The summed E-state index contributed by atoms with van der Waals surface area (Å²) in [5.74, 6) is 1.05. The van der Waals surface area contributed by atoms with Gasteiger partial charge in [0.25, 0.3) is 0 Å². The third kappa shape index (κ3) is 4.23. The van der Waals surface area contributed by atoms with E-state index in [1.165, 1.54) is 12.0 Å². The zero-order chi connectivity index (χ0) is 17.7. The highest BCUT2D eigenvalue weighted by Gasteiger charge is 2.40. The third-order valence-corrected chi connectivity index (χ3v) is 5.43. The molecule has 25 heavy (non-hydrogen) atoms. The number of hydrogen-bond donors (Lipinski definition) is 1. The van der Waals surface area contributed by atoms with Gasteiger partial charge >= 0.3 is 0 Å². The van der Waals surface area contributed by atoms with Gasteiger partial charge in [-0.05, 0) is 43.1 Å². The third-order valence-electron chi connectivity index (χ3n) is 5.43. The van der Waals surface area contributed by atoms with Crippen LogP contribution in [0.25, 0.3) is 0 Å². The van der Waals surface area contributed by atoms with Gasteiger partial charge in [0.2, 0.25) is 0 Å². The molecule has 2 aromatic rings. The van der Waals surface area contributed by atoms with E-state index in [1.54, 1.807) is 7.11 Å². The van der Waals surface area contributed by atoms with E-state index in [0.717, 1.165) is 43.7 Å². The average Bonchev–Trinajstić information content (AvgIpc) is 2.64. The summed E-state index contributed by atoms with van der Waals surface area (Å²) in [5, 5.41) is 11.6. The van der Waals surface area contributed by atoms with Crippen LogP contribution in [0.5, 0.6) is 5.75 Å². The molecule has 2 aromatic carbocycles. The zero-order valence-corrected chi connectivity index (χ0v) is 15.3. The fourth-order valence-corrected chi connectivity index (χ4v) is 4.08.